The molecule has 0 saturated carbocycles. The Morgan fingerprint density at radius 1 is 1.17 bits per heavy atom. The Labute approximate surface area is 137 Å². The Morgan fingerprint density at radius 2 is 1.87 bits per heavy atom. The monoisotopic (exact) mass is 313 g/mol. The Morgan fingerprint density at radius 3 is 2.43 bits per heavy atom. The molecule has 0 spiro atoms. The highest BCUT2D eigenvalue weighted by atomic mass is 16.2. The molecule has 0 N–H and O–H groups in total. The van der Waals surface area contributed by atoms with Crippen molar-refractivity contribution in [3.8, 4) is 6.07 Å². The van der Waals surface area contributed by atoms with Crippen molar-refractivity contribution in [2.75, 3.05) is 44.2 Å². The predicted octanol–water partition coefficient (Wildman–Crippen LogP) is 1.09. The van der Waals surface area contributed by atoms with Crippen LogP contribution < -0.4 is 4.90 Å². The van der Waals surface area contributed by atoms with E-state index < -0.39 is 0 Å². The number of hydrogen-bond acceptors (Lipinski definition) is 5. The molecule has 1 amide bonds. The van der Waals surface area contributed by atoms with Gasteiger partial charge in [0.2, 0.25) is 5.91 Å². The SMILES string of the molecule is C[C@@H](C(=O)N1CCCC1)N1CCN(c2ccc(C#N)nc2)CC1. The topological polar surface area (TPSA) is 63.5 Å². The number of hydrogen-bond donors (Lipinski definition) is 0. The zero-order valence-corrected chi connectivity index (χ0v) is 13.6. The second kappa shape index (κ2) is 6.97. The van der Waals surface area contributed by atoms with Crippen molar-refractivity contribution in [2.24, 2.45) is 0 Å². The summed E-state index contributed by atoms with van der Waals surface area (Å²) in [6.45, 7) is 7.37. The highest BCUT2D eigenvalue weighted by Gasteiger charge is 2.29. The summed E-state index contributed by atoms with van der Waals surface area (Å²) in [5.74, 6) is 0.274. The first-order valence-electron chi connectivity index (χ1n) is 8.33. The number of pyridine rings is 1. The average molecular weight is 313 g/mol. The minimum absolute atomic E-state index is 0.0330. The lowest BCUT2D eigenvalue weighted by Crippen LogP contribution is -2.54. The van der Waals surface area contributed by atoms with E-state index in [2.05, 4.69) is 14.8 Å². The lowest BCUT2D eigenvalue weighted by molar-refractivity contribution is -0.135. The first-order chi connectivity index (χ1) is 11.2. The predicted molar refractivity (Wildman–Crippen MR) is 88.0 cm³/mol. The van der Waals surface area contributed by atoms with Crippen LogP contribution in [0.3, 0.4) is 0 Å². The zero-order chi connectivity index (χ0) is 16.2. The van der Waals surface area contributed by atoms with Crippen molar-refractivity contribution in [1.82, 2.24) is 14.8 Å². The van der Waals surface area contributed by atoms with Gasteiger partial charge in [-0.3, -0.25) is 9.69 Å². The molecule has 2 aliphatic rings. The molecule has 0 aliphatic carbocycles. The molecule has 3 rings (SSSR count). The fourth-order valence-electron chi connectivity index (χ4n) is 3.36. The second-order valence-electron chi connectivity index (χ2n) is 6.24. The van der Waals surface area contributed by atoms with Crippen LogP contribution in [0.1, 0.15) is 25.5 Å². The van der Waals surface area contributed by atoms with Crippen LogP contribution in [0.15, 0.2) is 18.3 Å². The molecule has 2 saturated heterocycles. The molecule has 1 aromatic rings. The van der Waals surface area contributed by atoms with E-state index >= 15 is 0 Å². The Balaban J connectivity index is 1.55. The number of anilines is 1. The van der Waals surface area contributed by atoms with Crippen molar-refractivity contribution in [3.05, 3.63) is 24.0 Å². The van der Waals surface area contributed by atoms with Gasteiger partial charge in [0.1, 0.15) is 11.8 Å². The van der Waals surface area contributed by atoms with Crippen molar-refractivity contribution in [2.45, 2.75) is 25.8 Å². The number of piperazine rings is 1. The van der Waals surface area contributed by atoms with Crippen molar-refractivity contribution >= 4 is 11.6 Å². The molecule has 1 aromatic heterocycles. The summed E-state index contributed by atoms with van der Waals surface area (Å²) in [6, 6.07) is 5.70. The molecule has 1 atom stereocenters. The first kappa shape index (κ1) is 15.8. The smallest absolute Gasteiger partial charge is 0.239 e. The molecule has 2 fully saturated rings. The number of nitrogens with zero attached hydrogens (tertiary/aromatic N) is 5. The van der Waals surface area contributed by atoms with Gasteiger partial charge in [-0.2, -0.15) is 5.26 Å². The quantitative estimate of drug-likeness (QED) is 0.836. The highest BCUT2D eigenvalue weighted by Crippen LogP contribution is 2.18. The number of amides is 1. The number of rotatable bonds is 3. The second-order valence-corrected chi connectivity index (χ2v) is 6.24. The molecule has 0 unspecified atom stereocenters. The number of carbonyl (C=O) groups is 1. The Bertz CT molecular complexity index is 580. The van der Waals surface area contributed by atoms with E-state index in [-0.39, 0.29) is 11.9 Å². The number of nitriles is 1. The van der Waals surface area contributed by atoms with Crippen molar-refractivity contribution in [1.29, 1.82) is 5.26 Å². The molecule has 23 heavy (non-hydrogen) atoms. The van der Waals surface area contributed by atoms with Gasteiger partial charge >= 0.3 is 0 Å². The molecule has 2 aliphatic heterocycles. The third kappa shape index (κ3) is 3.45. The summed E-state index contributed by atoms with van der Waals surface area (Å²) in [4.78, 5) is 23.2. The average Bonchev–Trinajstić information content (AvgIpc) is 3.15. The maximum atomic E-state index is 12.5. The zero-order valence-electron chi connectivity index (χ0n) is 13.6. The van der Waals surface area contributed by atoms with E-state index in [1.54, 1.807) is 12.3 Å². The standard InChI is InChI=1S/C17H23N5O/c1-14(17(23)22-6-2-3-7-22)20-8-10-21(11-9-20)16-5-4-15(12-18)19-13-16/h4-5,13-14H,2-3,6-11H2,1H3/t14-/m0/s1. The largest absolute Gasteiger partial charge is 0.368 e. The van der Waals surface area contributed by atoms with Gasteiger partial charge in [-0.05, 0) is 31.9 Å². The van der Waals surface area contributed by atoms with E-state index in [9.17, 15) is 4.79 Å². The van der Waals surface area contributed by atoms with Crippen LogP contribution in [0.25, 0.3) is 0 Å². The van der Waals surface area contributed by atoms with Gasteiger partial charge in [0.25, 0.3) is 0 Å². The summed E-state index contributed by atoms with van der Waals surface area (Å²) in [6.07, 6.45) is 4.03. The van der Waals surface area contributed by atoms with E-state index in [1.165, 1.54) is 0 Å². The summed E-state index contributed by atoms with van der Waals surface area (Å²) >= 11 is 0. The molecular weight excluding hydrogens is 290 g/mol. The van der Waals surface area contributed by atoms with Crippen LogP contribution in [0, 0.1) is 11.3 Å². The highest BCUT2D eigenvalue weighted by molar-refractivity contribution is 5.81. The van der Waals surface area contributed by atoms with Gasteiger partial charge in [0.15, 0.2) is 0 Å². The van der Waals surface area contributed by atoms with Crippen molar-refractivity contribution in [3.63, 3.8) is 0 Å². The minimum Gasteiger partial charge on any atom is -0.368 e. The van der Waals surface area contributed by atoms with E-state index in [0.29, 0.717) is 5.69 Å². The molecule has 122 valence electrons. The van der Waals surface area contributed by atoms with Crippen LogP contribution in [0.2, 0.25) is 0 Å². The third-order valence-corrected chi connectivity index (χ3v) is 4.86. The molecule has 6 heteroatoms. The maximum absolute atomic E-state index is 12.5. The van der Waals surface area contributed by atoms with E-state index in [0.717, 1.165) is 57.8 Å². The van der Waals surface area contributed by atoms with Crippen LogP contribution in [-0.4, -0.2) is 66.0 Å². The molecule has 0 bridgehead atoms. The number of carbonyl (C=O) groups excluding carboxylic acids is 1. The van der Waals surface area contributed by atoms with Crippen LogP contribution in [0.5, 0.6) is 0 Å². The summed E-state index contributed by atoms with van der Waals surface area (Å²) < 4.78 is 0. The Hall–Kier alpha value is -2.13. The molecule has 0 radical (unpaired) electrons. The molecular formula is C17H23N5O. The van der Waals surface area contributed by atoms with Gasteiger partial charge < -0.3 is 9.80 Å². The number of likely N-dealkylation sites (tertiary alicyclic amines) is 1. The summed E-state index contributed by atoms with van der Waals surface area (Å²) in [7, 11) is 0. The van der Waals surface area contributed by atoms with Gasteiger partial charge in [-0.15, -0.1) is 0 Å². The van der Waals surface area contributed by atoms with Gasteiger partial charge in [-0.25, -0.2) is 4.98 Å². The van der Waals surface area contributed by atoms with Crippen LogP contribution >= 0.6 is 0 Å². The third-order valence-electron chi connectivity index (χ3n) is 4.86. The Kier molecular flexibility index (Phi) is 4.77. The lowest BCUT2D eigenvalue weighted by atomic mass is 10.2. The first-order valence-corrected chi connectivity index (χ1v) is 8.33. The molecule has 0 aromatic carbocycles. The van der Waals surface area contributed by atoms with Gasteiger partial charge in [0.05, 0.1) is 17.9 Å². The fourth-order valence-corrected chi connectivity index (χ4v) is 3.36. The van der Waals surface area contributed by atoms with Gasteiger partial charge in [-0.1, -0.05) is 0 Å². The van der Waals surface area contributed by atoms with E-state index in [1.807, 2.05) is 24.0 Å². The minimum atomic E-state index is -0.0330. The van der Waals surface area contributed by atoms with Crippen molar-refractivity contribution < 1.29 is 4.79 Å². The molecule has 3 heterocycles. The lowest BCUT2D eigenvalue weighted by Gasteiger charge is -2.39. The van der Waals surface area contributed by atoms with Crippen LogP contribution in [-0.2, 0) is 4.79 Å². The van der Waals surface area contributed by atoms with Gasteiger partial charge in [0, 0.05) is 39.3 Å². The van der Waals surface area contributed by atoms with Crippen LogP contribution in [0.4, 0.5) is 5.69 Å². The maximum Gasteiger partial charge on any atom is 0.239 e. The summed E-state index contributed by atoms with van der Waals surface area (Å²) in [5.41, 5.74) is 1.49. The fraction of sp³-hybridized carbons (Fsp3) is 0.588. The summed E-state index contributed by atoms with van der Waals surface area (Å²) in [5, 5.41) is 8.81. The normalized spacial score (nSPS) is 20.3. The molecule has 6 nitrogen and oxygen atoms in total. The van der Waals surface area contributed by atoms with E-state index in [4.69, 9.17) is 5.26 Å². The number of aromatic nitrogens is 1.